The van der Waals surface area contributed by atoms with Gasteiger partial charge in [-0.25, -0.2) is 9.97 Å². The highest BCUT2D eigenvalue weighted by Crippen LogP contribution is 2.08. The number of hydrogen-bond acceptors (Lipinski definition) is 3. The van der Waals surface area contributed by atoms with E-state index in [1.54, 1.807) is 12.5 Å². The molecular weight excluding hydrogens is 210 g/mol. The Morgan fingerprint density at radius 2 is 2.00 bits per heavy atom. The van der Waals surface area contributed by atoms with Crippen molar-refractivity contribution in [3.05, 3.63) is 54.5 Å². The number of nitrogens with zero attached hydrogens (tertiary/aromatic N) is 2. The molecule has 0 amide bonds. The van der Waals surface area contributed by atoms with Gasteiger partial charge in [-0.3, -0.25) is 0 Å². The molecule has 3 nitrogen and oxygen atoms in total. The molecule has 1 unspecified atom stereocenters. The first-order chi connectivity index (χ1) is 8.34. The zero-order valence-corrected chi connectivity index (χ0v) is 10.0. The molecule has 1 aromatic heterocycles. The molecule has 0 bridgehead atoms. The Morgan fingerprint density at radius 3 is 2.71 bits per heavy atom. The van der Waals surface area contributed by atoms with E-state index in [1.165, 1.54) is 5.56 Å². The molecular formula is C14H17N3. The lowest BCUT2D eigenvalue weighted by molar-refractivity contribution is 0.702. The highest BCUT2D eigenvalue weighted by atomic mass is 15.0. The normalized spacial score (nSPS) is 12.1. The molecule has 0 saturated heterocycles. The summed E-state index contributed by atoms with van der Waals surface area (Å²) in [6.45, 7) is 2.17. The number of aryl methyl sites for hydroxylation is 1. The SMILES string of the molecule is CC(CCc1ccccc1)Nc1ccncn1. The summed E-state index contributed by atoms with van der Waals surface area (Å²) in [6.07, 6.45) is 5.49. The molecule has 3 heteroatoms. The Bertz CT molecular complexity index is 428. The van der Waals surface area contributed by atoms with Crippen LogP contribution in [0.1, 0.15) is 18.9 Å². The topological polar surface area (TPSA) is 37.8 Å². The lowest BCUT2D eigenvalue weighted by atomic mass is 10.1. The number of aromatic nitrogens is 2. The van der Waals surface area contributed by atoms with E-state index < -0.39 is 0 Å². The van der Waals surface area contributed by atoms with Crippen molar-refractivity contribution in [1.29, 1.82) is 0 Å². The summed E-state index contributed by atoms with van der Waals surface area (Å²) < 4.78 is 0. The number of rotatable bonds is 5. The maximum Gasteiger partial charge on any atom is 0.129 e. The van der Waals surface area contributed by atoms with Crippen LogP contribution in [-0.2, 0) is 6.42 Å². The van der Waals surface area contributed by atoms with E-state index in [0.717, 1.165) is 18.7 Å². The predicted molar refractivity (Wildman–Crippen MR) is 69.9 cm³/mol. The molecule has 0 aliphatic carbocycles. The third-order valence-electron chi connectivity index (χ3n) is 2.69. The number of hydrogen-bond donors (Lipinski definition) is 1. The van der Waals surface area contributed by atoms with Gasteiger partial charge < -0.3 is 5.32 Å². The second kappa shape index (κ2) is 5.99. The minimum absolute atomic E-state index is 0.408. The van der Waals surface area contributed by atoms with Crippen LogP contribution in [0.3, 0.4) is 0 Å². The van der Waals surface area contributed by atoms with Gasteiger partial charge in [-0.15, -0.1) is 0 Å². The van der Waals surface area contributed by atoms with E-state index in [2.05, 4.69) is 46.5 Å². The average Bonchev–Trinajstić information content (AvgIpc) is 2.39. The van der Waals surface area contributed by atoms with Gasteiger partial charge in [0, 0.05) is 12.2 Å². The zero-order chi connectivity index (χ0) is 11.9. The highest BCUT2D eigenvalue weighted by molar-refractivity contribution is 5.32. The summed E-state index contributed by atoms with van der Waals surface area (Å²) in [4.78, 5) is 8.05. The lowest BCUT2D eigenvalue weighted by Gasteiger charge is -2.13. The summed E-state index contributed by atoms with van der Waals surface area (Å²) >= 11 is 0. The summed E-state index contributed by atoms with van der Waals surface area (Å²) in [6, 6.07) is 12.8. The molecule has 0 saturated carbocycles. The van der Waals surface area contributed by atoms with Crippen molar-refractivity contribution in [3.8, 4) is 0 Å². The minimum atomic E-state index is 0.408. The van der Waals surface area contributed by atoms with Gasteiger partial charge in [-0.05, 0) is 31.4 Å². The maximum atomic E-state index is 4.15. The van der Waals surface area contributed by atoms with E-state index in [0.29, 0.717) is 6.04 Å². The van der Waals surface area contributed by atoms with Crippen LogP contribution in [0.25, 0.3) is 0 Å². The Morgan fingerprint density at radius 1 is 1.18 bits per heavy atom. The third-order valence-corrected chi connectivity index (χ3v) is 2.69. The predicted octanol–water partition coefficient (Wildman–Crippen LogP) is 2.91. The quantitative estimate of drug-likeness (QED) is 0.853. The Kier molecular flexibility index (Phi) is 4.08. The average molecular weight is 227 g/mol. The van der Waals surface area contributed by atoms with Crippen LogP contribution >= 0.6 is 0 Å². The molecule has 1 aromatic carbocycles. The van der Waals surface area contributed by atoms with E-state index in [9.17, 15) is 0 Å². The molecule has 0 fully saturated rings. The second-order valence-electron chi connectivity index (χ2n) is 4.16. The van der Waals surface area contributed by atoms with Crippen LogP contribution in [0.5, 0.6) is 0 Å². The lowest BCUT2D eigenvalue weighted by Crippen LogP contribution is -2.16. The monoisotopic (exact) mass is 227 g/mol. The van der Waals surface area contributed by atoms with Gasteiger partial charge in [0.15, 0.2) is 0 Å². The molecule has 0 radical (unpaired) electrons. The largest absolute Gasteiger partial charge is 0.368 e. The number of benzene rings is 1. The van der Waals surface area contributed by atoms with Gasteiger partial charge in [-0.1, -0.05) is 30.3 Å². The second-order valence-corrected chi connectivity index (χ2v) is 4.16. The van der Waals surface area contributed by atoms with Crippen molar-refractivity contribution in [2.45, 2.75) is 25.8 Å². The number of nitrogens with one attached hydrogen (secondary N) is 1. The van der Waals surface area contributed by atoms with Gasteiger partial charge in [0.2, 0.25) is 0 Å². The van der Waals surface area contributed by atoms with Gasteiger partial charge >= 0.3 is 0 Å². The van der Waals surface area contributed by atoms with Crippen molar-refractivity contribution in [2.24, 2.45) is 0 Å². The van der Waals surface area contributed by atoms with Crippen LogP contribution < -0.4 is 5.32 Å². The fourth-order valence-electron chi connectivity index (χ4n) is 1.73. The zero-order valence-electron chi connectivity index (χ0n) is 10.0. The van der Waals surface area contributed by atoms with Gasteiger partial charge in [0.25, 0.3) is 0 Å². The first-order valence-corrected chi connectivity index (χ1v) is 5.91. The van der Waals surface area contributed by atoms with Crippen LogP contribution in [0.2, 0.25) is 0 Å². The first kappa shape index (κ1) is 11.6. The molecule has 1 N–H and O–H groups in total. The Balaban J connectivity index is 1.80. The molecule has 2 aromatic rings. The summed E-state index contributed by atoms with van der Waals surface area (Å²) in [5.41, 5.74) is 1.38. The molecule has 88 valence electrons. The maximum absolute atomic E-state index is 4.15. The number of anilines is 1. The van der Waals surface area contributed by atoms with Gasteiger partial charge in [0.05, 0.1) is 0 Å². The van der Waals surface area contributed by atoms with Crippen LogP contribution in [0, 0.1) is 0 Å². The summed E-state index contributed by atoms with van der Waals surface area (Å²) in [5.74, 6) is 0.889. The van der Waals surface area contributed by atoms with Crippen LogP contribution in [0.15, 0.2) is 48.9 Å². The summed E-state index contributed by atoms with van der Waals surface area (Å²) in [5, 5.41) is 3.36. The van der Waals surface area contributed by atoms with Crippen LogP contribution in [-0.4, -0.2) is 16.0 Å². The third kappa shape index (κ3) is 3.87. The van der Waals surface area contributed by atoms with Crippen molar-refractivity contribution in [3.63, 3.8) is 0 Å². The summed E-state index contributed by atoms with van der Waals surface area (Å²) in [7, 11) is 0. The molecule has 1 atom stereocenters. The van der Waals surface area contributed by atoms with E-state index in [-0.39, 0.29) is 0 Å². The van der Waals surface area contributed by atoms with Gasteiger partial charge in [-0.2, -0.15) is 0 Å². The van der Waals surface area contributed by atoms with E-state index in [1.807, 2.05) is 12.1 Å². The molecule has 0 spiro atoms. The molecule has 0 aliphatic heterocycles. The Labute approximate surface area is 102 Å². The van der Waals surface area contributed by atoms with Gasteiger partial charge in [0.1, 0.15) is 12.1 Å². The Hall–Kier alpha value is -1.90. The van der Waals surface area contributed by atoms with Crippen molar-refractivity contribution in [2.75, 3.05) is 5.32 Å². The van der Waals surface area contributed by atoms with Crippen molar-refractivity contribution < 1.29 is 0 Å². The van der Waals surface area contributed by atoms with E-state index in [4.69, 9.17) is 0 Å². The van der Waals surface area contributed by atoms with Crippen molar-refractivity contribution in [1.82, 2.24) is 9.97 Å². The van der Waals surface area contributed by atoms with Crippen molar-refractivity contribution >= 4 is 5.82 Å². The minimum Gasteiger partial charge on any atom is -0.368 e. The highest BCUT2D eigenvalue weighted by Gasteiger charge is 2.02. The fourth-order valence-corrected chi connectivity index (χ4v) is 1.73. The standard InChI is InChI=1S/C14H17N3/c1-12(17-14-9-10-15-11-16-14)7-8-13-5-3-2-4-6-13/h2-6,9-12H,7-8H2,1H3,(H,15,16,17). The smallest absolute Gasteiger partial charge is 0.129 e. The molecule has 2 rings (SSSR count). The fraction of sp³-hybridized carbons (Fsp3) is 0.286. The molecule has 1 heterocycles. The van der Waals surface area contributed by atoms with Crippen LogP contribution in [0.4, 0.5) is 5.82 Å². The molecule has 0 aliphatic rings. The van der Waals surface area contributed by atoms with E-state index >= 15 is 0 Å². The first-order valence-electron chi connectivity index (χ1n) is 5.91. The molecule has 17 heavy (non-hydrogen) atoms.